The number of hydrogen-bond acceptors (Lipinski definition) is 4. The molecule has 0 aromatic heterocycles. The van der Waals surface area contributed by atoms with E-state index in [9.17, 15) is 0 Å². The first kappa shape index (κ1) is 20.3. The maximum absolute atomic E-state index is 6.22. The zero-order chi connectivity index (χ0) is 16.8. The van der Waals surface area contributed by atoms with E-state index in [2.05, 4.69) is 17.0 Å². The molecule has 2 fully saturated rings. The number of guanidine groups is 1. The molecule has 7 heteroatoms. The van der Waals surface area contributed by atoms with Crippen LogP contribution in [0.5, 0.6) is 5.75 Å². The van der Waals surface area contributed by atoms with E-state index in [1.807, 2.05) is 12.1 Å². The van der Waals surface area contributed by atoms with Gasteiger partial charge < -0.3 is 24.8 Å². The highest BCUT2D eigenvalue weighted by Gasteiger charge is 2.34. The molecule has 0 atom stereocenters. The number of aliphatic imine (C=N–C) groups is 1. The summed E-state index contributed by atoms with van der Waals surface area (Å²) in [5.41, 5.74) is 7.49. The van der Waals surface area contributed by atoms with Crippen LogP contribution in [0.4, 0.5) is 0 Å². The monoisotopic (exact) mass is 461 g/mol. The third-order valence-corrected chi connectivity index (χ3v) is 5.03. The van der Waals surface area contributed by atoms with Gasteiger partial charge in [-0.25, -0.2) is 0 Å². The van der Waals surface area contributed by atoms with Crippen molar-refractivity contribution in [1.29, 1.82) is 0 Å². The highest BCUT2D eigenvalue weighted by Crippen LogP contribution is 2.36. The molecule has 2 heterocycles. The van der Waals surface area contributed by atoms with Crippen LogP contribution in [0.15, 0.2) is 29.3 Å². The van der Waals surface area contributed by atoms with Gasteiger partial charge in [-0.2, -0.15) is 0 Å². The summed E-state index contributed by atoms with van der Waals surface area (Å²) >= 11 is 0. The molecule has 3 rings (SSSR count). The Balaban J connectivity index is 0.00000225. The van der Waals surface area contributed by atoms with Gasteiger partial charge in [0.2, 0.25) is 0 Å². The maximum Gasteiger partial charge on any atom is 0.191 e. The van der Waals surface area contributed by atoms with Crippen molar-refractivity contribution in [1.82, 2.24) is 4.90 Å². The van der Waals surface area contributed by atoms with Gasteiger partial charge in [0.1, 0.15) is 5.75 Å². The minimum absolute atomic E-state index is 0. The second-order valence-corrected chi connectivity index (χ2v) is 6.40. The summed E-state index contributed by atoms with van der Waals surface area (Å²) in [7, 11) is 1.69. The molecule has 6 nitrogen and oxygen atoms in total. The predicted molar refractivity (Wildman–Crippen MR) is 109 cm³/mol. The van der Waals surface area contributed by atoms with Crippen LogP contribution in [0, 0.1) is 0 Å². The Bertz CT molecular complexity index is 553. The molecule has 0 spiro atoms. The van der Waals surface area contributed by atoms with Crippen molar-refractivity contribution in [2.75, 3.05) is 53.2 Å². The van der Waals surface area contributed by atoms with Gasteiger partial charge in [-0.3, -0.25) is 4.99 Å². The second-order valence-electron chi connectivity index (χ2n) is 6.40. The van der Waals surface area contributed by atoms with Crippen LogP contribution < -0.4 is 10.5 Å². The summed E-state index contributed by atoms with van der Waals surface area (Å²) in [5, 5.41) is 0. The molecule has 0 unspecified atom stereocenters. The second kappa shape index (κ2) is 9.59. The van der Waals surface area contributed by atoms with E-state index in [0.717, 1.165) is 44.9 Å². The number of rotatable bonds is 4. The number of morpholine rings is 1. The van der Waals surface area contributed by atoms with Gasteiger partial charge in [0.25, 0.3) is 0 Å². The molecule has 1 aromatic rings. The highest BCUT2D eigenvalue weighted by atomic mass is 127. The van der Waals surface area contributed by atoms with Gasteiger partial charge >= 0.3 is 0 Å². The van der Waals surface area contributed by atoms with E-state index in [-0.39, 0.29) is 29.4 Å². The highest BCUT2D eigenvalue weighted by molar-refractivity contribution is 14.0. The SMILES string of the molecule is COc1ccc(C2(CN=C(N)N3CCOCC3)CCOCC2)cc1.I. The van der Waals surface area contributed by atoms with Crippen LogP contribution >= 0.6 is 24.0 Å². The van der Waals surface area contributed by atoms with E-state index < -0.39 is 0 Å². The molecule has 0 aliphatic carbocycles. The lowest BCUT2D eigenvalue weighted by atomic mass is 9.74. The Kier molecular flexibility index (Phi) is 7.77. The Morgan fingerprint density at radius 1 is 1.12 bits per heavy atom. The van der Waals surface area contributed by atoms with Crippen LogP contribution in [0.3, 0.4) is 0 Å². The average molecular weight is 461 g/mol. The van der Waals surface area contributed by atoms with Crippen molar-refractivity contribution in [3.63, 3.8) is 0 Å². The summed E-state index contributed by atoms with van der Waals surface area (Å²) in [6.07, 6.45) is 1.92. The Morgan fingerprint density at radius 3 is 2.32 bits per heavy atom. The fraction of sp³-hybridized carbons (Fsp3) is 0.611. The number of benzene rings is 1. The first-order chi connectivity index (χ1) is 11.7. The minimum Gasteiger partial charge on any atom is -0.497 e. The fourth-order valence-corrected chi connectivity index (χ4v) is 3.37. The number of nitrogens with two attached hydrogens (primary N) is 1. The molecule has 0 amide bonds. The molecule has 2 aliphatic heterocycles. The van der Waals surface area contributed by atoms with Crippen LogP contribution in [-0.4, -0.2) is 64.0 Å². The lowest BCUT2D eigenvalue weighted by Gasteiger charge is -2.37. The number of halogens is 1. The molecule has 2 saturated heterocycles. The first-order valence-electron chi connectivity index (χ1n) is 8.58. The van der Waals surface area contributed by atoms with Crippen LogP contribution in [-0.2, 0) is 14.9 Å². The van der Waals surface area contributed by atoms with Gasteiger partial charge in [0.15, 0.2) is 5.96 Å². The smallest absolute Gasteiger partial charge is 0.191 e. The average Bonchev–Trinajstić information content (AvgIpc) is 2.67. The van der Waals surface area contributed by atoms with Crippen molar-refractivity contribution in [3.05, 3.63) is 29.8 Å². The molecule has 25 heavy (non-hydrogen) atoms. The fourth-order valence-electron chi connectivity index (χ4n) is 3.37. The van der Waals surface area contributed by atoms with Gasteiger partial charge in [-0.05, 0) is 30.5 Å². The summed E-state index contributed by atoms with van der Waals surface area (Å²) in [6.45, 7) is 5.27. The molecule has 140 valence electrons. The van der Waals surface area contributed by atoms with E-state index in [4.69, 9.17) is 24.9 Å². The van der Waals surface area contributed by atoms with Crippen molar-refractivity contribution in [2.24, 2.45) is 10.7 Å². The lowest BCUT2D eigenvalue weighted by Crippen LogP contribution is -2.46. The van der Waals surface area contributed by atoms with E-state index >= 15 is 0 Å². The number of nitrogens with zero attached hydrogens (tertiary/aromatic N) is 2. The Morgan fingerprint density at radius 2 is 1.72 bits per heavy atom. The van der Waals surface area contributed by atoms with Gasteiger partial charge in [0, 0.05) is 31.7 Å². The quantitative estimate of drug-likeness (QED) is 0.422. The summed E-state index contributed by atoms with van der Waals surface area (Å²) < 4.78 is 16.2. The zero-order valence-electron chi connectivity index (χ0n) is 14.8. The molecular weight excluding hydrogens is 433 g/mol. The van der Waals surface area contributed by atoms with E-state index in [1.165, 1.54) is 5.56 Å². The zero-order valence-corrected chi connectivity index (χ0v) is 17.1. The largest absolute Gasteiger partial charge is 0.497 e. The number of methoxy groups -OCH3 is 1. The van der Waals surface area contributed by atoms with Crippen molar-refractivity contribution >= 4 is 29.9 Å². The van der Waals surface area contributed by atoms with Crippen molar-refractivity contribution < 1.29 is 14.2 Å². The maximum atomic E-state index is 6.22. The molecule has 1 aromatic carbocycles. The van der Waals surface area contributed by atoms with Gasteiger partial charge in [0.05, 0.1) is 26.9 Å². The van der Waals surface area contributed by atoms with Gasteiger partial charge in [-0.1, -0.05) is 12.1 Å². The molecule has 0 saturated carbocycles. The summed E-state index contributed by atoms with van der Waals surface area (Å²) in [5.74, 6) is 1.50. The summed E-state index contributed by atoms with van der Waals surface area (Å²) in [4.78, 5) is 6.84. The molecule has 0 bridgehead atoms. The molecule has 0 radical (unpaired) electrons. The van der Waals surface area contributed by atoms with Crippen molar-refractivity contribution in [3.8, 4) is 5.75 Å². The van der Waals surface area contributed by atoms with Gasteiger partial charge in [-0.15, -0.1) is 24.0 Å². The third-order valence-electron chi connectivity index (χ3n) is 5.03. The predicted octanol–water partition coefficient (Wildman–Crippen LogP) is 2.01. The van der Waals surface area contributed by atoms with Crippen LogP contribution in [0.25, 0.3) is 0 Å². The molecular formula is C18H28IN3O3. The Labute approximate surface area is 166 Å². The normalized spacial score (nSPS) is 20.7. The molecule has 2 aliphatic rings. The first-order valence-corrected chi connectivity index (χ1v) is 8.58. The molecule has 2 N–H and O–H groups in total. The lowest BCUT2D eigenvalue weighted by molar-refractivity contribution is 0.0524. The van der Waals surface area contributed by atoms with E-state index in [1.54, 1.807) is 7.11 Å². The number of ether oxygens (including phenoxy) is 3. The standard InChI is InChI=1S/C18H27N3O3.HI/c1-22-16-4-2-15(3-5-16)18(6-10-23-11-7-18)14-20-17(19)21-8-12-24-13-9-21;/h2-5H,6-14H2,1H3,(H2,19,20);1H. The topological polar surface area (TPSA) is 69.3 Å². The van der Waals surface area contributed by atoms with Crippen molar-refractivity contribution in [2.45, 2.75) is 18.3 Å². The number of hydrogen-bond donors (Lipinski definition) is 1. The summed E-state index contributed by atoms with van der Waals surface area (Å²) in [6, 6.07) is 8.32. The Hall–Kier alpha value is -1.06. The minimum atomic E-state index is -0.0125. The van der Waals surface area contributed by atoms with E-state index in [0.29, 0.717) is 25.7 Å². The van der Waals surface area contributed by atoms with Crippen LogP contribution in [0.2, 0.25) is 0 Å². The van der Waals surface area contributed by atoms with Crippen LogP contribution in [0.1, 0.15) is 18.4 Å². The third kappa shape index (κ3) is 4.98.